The van der Waals surface area contributed by atoms with E-state index in [1.165, 1.54) is 0 Å². The highest BCUT2D eigenvalue weighted by atomic mass is 15.4. The molecule has 0 saturated carbocycles. The van der Waals surface area contributed by atoms with Crippen LogP contribution in [0.15, 0.2) is 0 Å². The van der Waals surface area contributed by atoms with Crippen molar-refractivity contribution in [3.63, 3.8) is 0 Å². The Morgan fingerprint density at radius 1 is 0.538 bits per heavy atom. The van der Waals surface area contributed by atoms with Crippen molar-refractivity contribution in [3.8, 4) is 0 Å². The lowest BCUT2D eigenvalue weighted by molar-refractivity contribution is 0.100. The Labute approximate surface area is 82.7 Å². The average molecular weight is 188 g/mol. The topological polar surface area (TPSA) is 13.0 Å². The summed E-state index contributed by atoms with van der Waals surface area (Å²) in [5.74, 6) is 0. The van der Waals surface area contributed by atoms with E-state index in [9.17, 15) is 0 Å². The quantitative estimate of drug-likeness (QED) is 0.537. The molecule has 0 saturated heterocycles. The van der Waals surface area contributed by atoms with Crippen LogP contribution in [0.3, 0.4) is 0 Å². The molecule has 0 amide bonds. The van der Waals surface area contributed by atoms with Gasteiger partial charge >= 0.3 is 0 Å². The van der Waals surface area contributed by atoms with Crippen molar-refractivity contribution in [2.75, 3.05) is 62.3 Å². The van der Waals surface area contributed by atoms with Gasteiger partial charge in [0.25, 0.3) is 0 Å². The molecule has 0 unspecified atom stereocenters. The molecule has 0 aliphatic rings. The van der Waals surface area contributed by atoms with Gasteiger partial charge in [-0.2, -0.15) is 0 Å². The van der Waals surface area contributed by atoms with Crippen LogP contribution < -0.4 is 0 Å². The summed E-state index contributed by atoms with van der Waals surface area (Å²) in [4.78, 5) is 8.90. The number of hydrogen-bond donors (Lipinski definition) is 0. The highest BCUT2D eigenvalue weighted by Crippen LogP contribution is 1.90. The molecule has 0 heterocycles. The Hall–Kier alpha value is -0.160. The molecule has 0 N–H and O–H groups in total. The molecule has 0 aliphatic heterocycles. The summed E-state index contributed by atoms with van der Waals surface area (Å²) in [6.07, 6.45) is 0. The summed E-state index contributed by atoms with van der Waals surface area (Å²) in [6.45, 7) is 2.99. The minimum atomic E-state index is 0.996. The van der Waals surface area contributed by atoms with E-state index in [4.69, 9.17) is 0 Å². The fourth-order valence-electron chi connectivity index (χ4n) is 1.47. The molecule has 0 aromatic heterocycles. The molecule has 0 aromatic rings. The van der Waals surface area contributed by atoms with Crippen molar-refractivity contribution in [3.05, 3.63) is 0 Å². The van der Waals surface area contributed by atoms with Crippen LogP contribution in [-0.2, 0) is 0 Å². The maximum absolute atomic E-state index is 2.28. The van der Waals surface area contributed by atoms with Crippen molar-refractivity contribution in [2.24, 2.45) is 0 Å². The first-order chi connectivity index (χ1) is 5.91. The van der Waals surface area contributed by atoms with Crippen molar-refractivity contribution in [1.82, 2.24) is 19.6 Å². The second kappa shape index (κ2) is 6.32. The molecule has 0 spiro atoms. The first kappa shape index (κ1) is 12.8. The van der Waals surface area contributed by atoms with Gasteiger partial charge < -0.3 is 0 Å². The van der Waals surface area contributed by atoms with Gasteiger partial charge in [-0.05, 0) is 42.3 Å². The lowest BCUT2D eigenvalue weighted by atomic mass is 10.6. The normalized spacial score (nSPS) is 12.5. The maximum Gasteiger partial charge on any atom is 0.0523 e. The summed E-state index contributed by atoms with van der Waals surface area (Å²) in [5, 5.41) is 0. The summed E-state index contributed by atoms with van der Waals surface area (Å²) in [5.41, 5.74) is 0. The second-order valence-corrected chi connectivity index (χ2v) is 4.30. The van der Waals surface area contributed by atoms with Crippen molar-refractivity contribution >= 4 is 0 Å². The molecular formula is C9H24N4. The third-order valence-corrected chi connectivity index (χ3v) is 1.53. The van der Waals surface area contributed by atoms with E-state index in [0.29, 0.717) is 0 Å². The molecule has 4 heteroatoms. The molecule has 0 aliphatic carbocycles. The molecule has 0 fully saturated rings. The van der Waals surface area contributed by atoms with Gasteiger partial charge in [-0.25, -0.2) is 0 Å². The first-order valence-corrected chi connectivity index (χ1v) is 4.58. The molecule has 0 rings (SSSR count). The van der Waals surface area contributed by atoms with Crippen LogP contribution in [0.25, 0.3) is 0 Å². The molecular weight excluding hydrogens is 164 g/mol. The Morgan fingerprint density at radius 3 is 1.08 bits per heavy atom. The zero-order chi connectivity index (χ0) is 10.4. The van der Waals surface area contributed by atoms with Crippen LogP contribution in [-0.4, -0.2) is 81.9 Å². The van der Waals surface area contributed by atoms with Crippen LogP contribution in [0.1, 0.15) is 0 Å². The summed E-state index contributed by atoms with van der Waals surface area (Å²) < 4.78 is 0. The fourth-order valence-corrected chi connectivity index (χ4v) is 1.47. The van der Waals surface area contributed by atoms with Crippen molar-refractivity contribution in [1.29, 1.82) is 0 Å². The first-order valence-electron chi connectivity index (χ1n) is 4.58. The number of hydrogen-bond acceptors (Lipinski definition) is 4. The van der Waals surface area contributed by atoms with Gasteiger partial charge in [0.05, 0.1) is 20.0 Å². The smallest absolute Gasteiger partial charge is 0.0523 e. The van der Waals surface area contributed by atoms with Crippen LogP contribution >= 0.6 is 0 Å². The third-order valence-electron chi connectivity index (χ3n) is 1.53. The van der Waals surface area contributed by atoms with E-state index in [2.05, 4.69) is 61.9 Å². The predicted molar refractivity (Wildman–Crippen MR) is 57.5 cm³/mol. The SMILES string of the molecule is CN(C)CN(C)CN(C)CN(C)C. The largest absolute Gasteiger partial charge is 0.297 e. The lowest BCUT2D eigenvalue weighted by Crippen LogP contribution is -2.41. The van der Waals surface area contributed by atoms with Crippen LogP contribution in [0.2, 0.25) is 0 Å². The monoisotopic (exact) mass is 188 g/mol. The molecule has 0 radical (unpaired) electrons. The summed E-state index contributed by atoms with van der Waals surface area (Å²) in [6, 6.07) is 0. The Balaban J connectivity index is 3.58. The van der Waals surface area contributed by atoms with E-state index in [1.807, 2.05) is 0 Å². The zero-order valence-corrected chi connectivity index (χ0v) is 9.91. The van der Waals surface area contributed by atoms with Crippen LogP contribution in [0.5, 0.6) is 0 Å². The highest BCUT2D eigenvalue weighted by molar-refractivity contribution is 4.50. The van der Waals surface area contributed by atoms with Gasteiger partial charge in [-0.3, -0.25) is 19.6 Å². The van der Waals surface area contributed by atoms with Crippen LogP contribution in [0, 0.1) is 0 Å². The van der Waals surface area contributed by atoms with E-state index >= 15 is 0 Å². The fraction of sp³-hybridized carbons (Fsp3) is 1.00. The minimum Gasteiger partial charge on any atom is -0.297 e. The van der Waals surface area contributed by atoms with Crippen molar-refractivity contribution < 1.29 is 0 Å². The molecule has 13 heavy (non-hydrogen) atoms. The van der Waals surface area contributed by atoms with E-state index in [1.54, 1.807) is 0 Å². The summed E-state index contributed by atoms with van der Waals surface area (Å²) >= 11 is 0. The Morgan fingerprint density at radius 2 is 0.846 bits per heavy atom. The van der Waals surface area contributed by atoms with Gasteiger partial charge in [-0.1, -0.05) is 0 Å². The molecule has 0 bridgehead atoms. The molecule has 0 atom stereocenters. The molecule has 0 aromatic carbocycles. The summed E-state index contributed by atoms with van der Waals surface area (Å²) in [7, 11) is 12.6. The predicted octanol–water partition coefficient (Wildman–Crippen LogP) is -0.154. The number of rotatable bonds is 6. The zero-order valence-electron chi connectivity index (χ0n) is 9.91. The van der Waals surface area contributed by atoms with Crippen molar-refractivity contribution in [2.45, 2.75) is 0 Å². The third kappa shape index (κ3) is 8.18. The van der Waals surface area contributed by atoms with Gasteiger partial charge in [-0.15, -0.1) is 0 Å². The van der Waals surface area contributed by atoms with E-state index < -0.39 is 0 Å². The number of nitrogens with zero attached hydrogens (tertiary/aromatic N) is 4. The van der Waals surface area contributed by atoms with Gasteiger partial charge in [0.2, 0.25) is 0 Å². The average Bonchev–Trinajstić information content (AvgIpc) is 1.80. The highest BCUT2D eigenvalue weighted by Gasteiger charge is 2.04. The Bertz CT molecular complexity index is 111. The maximum atomic E-state index is 2.28. The van der Waals surface area contributed by atoms with E-state index in [0.717, 1.165) is 20.0 Å². The molecule has 80 valence electrons. The Kier molecular flexibility index (Phi) is 6.24. The van der Waals surface area contributed by atoms with Gasteiger partial charge in [0, 0.05) is 0 Å². The van der Waals surface area contributed by atoms with Gasteiger partial charge in [0.15, 0.2) is 0 Å². The standard InChI is InChI=1S/C9H24N4/c1-10(2)7-12(5)9-13(6)8-11(3)4/h7-9H2,1-6H3. The van der Waals surface area contributed by atoms with Crippen LogP contribution in [0.4, 0.5) is 0 Å². The second-order valence-electron chi connectivity index (χ2n) is 4.30. The van der Waals surface area contributed by atoms with E-state index in [-0.39, 0.29) is 0 Å². The lowest BCUT2D eigenvalue weighted by Gasteiger charge is -2.28. The van der Waals surface area contributed by atoms with Gasteiger partial charge in [0.1, 0.15) is 0 Å². The molecule has 4 nitrogen and oxygen atoms in total. The minimum absolute atomic E-state index is 0.996.